The number of benzene rings is 2. The number of hydrogen-bond donors (Lipinski definition) is 2. The molecule has 0 amide bonds. The summed E-state index contributed by atoms with van der Waals surface area (Å²) >= 11 is 11.7. The van der Waals surface area contributed by atoms with E-state index >= 15 is 0 Å². The first-order chi connectivity index (χ1) is 14.5. The van der Waals surface area contributed by atoms with E-state index in [0.717, 1.165) is 26.2 Å². The summed E-state index contributed by atoms with van der Waals surface area (Å²) in [5, 5.41) is 21.8. The highest BCUT2D eigenvalue weighted by atomic mass is 35.5. The molecule has 1 aliphatic heterocycles. The van der Waals surface area contributed by atoms with Gasteiger partial charge >= 0.3 is 0 Å². The normalized spacial score (nSPS) is 17.5. The molecule has 0 bridgehead atoms. The fourth-order valence-corrected chi connectivity index (χ4v) is 3.55. The smallest absolute Gasteiger partial charge is 0.119 e. The van der Waals surface area contributed by atoms with Gasteiger partial charge in [0, 0.05) is 49.3 Å². The van der Waals surface area contributed by atoms with Crippen molar-refractivity contribution < 1.29 is 19.7 Å². The molecule has 0 aromatic heterocycles. The van der Waals surface area contributed by atoms with Crippen molar-refractivity contribution in [2.24, 2.45) is 0 Å². The summed E-state index contributed by atoms with van der Waals surface area (Å²) in [5.41, 5.74) is 0. The molecule has 0 radical (unpaired) electrons. The largest absolute Gasteiger partial charge is 0.491 e. The summed E-state index contributed by atoms with van der Waals surface area (Å²) in [6.07, 6.45) is -1.13. The number of hydrogen-bond acceptors (Lipinski definition) is 6. The van der Waals surface area contributed by atoms with Crippen molar-refractivity contribution >= 4 is 23.2 Å². The van der Waals surface area contributed by atoms with Crippen molar-refractivity contribution in [1.82, 2.24) is 9.80 Å². The number of piperazine rings is 1. The van der Waals surface area contributed by atoms with Crippen LogP contribution in [-0.2, 0) is 0 Å². The Morgan fingerprint density at radius 1 is 0.667 bits per heavy atom. The zero-order valence-corrected chi connectivity index (χ0v) is 18.3. The van der Waals surface area contributed by atoms with Gasteiger partial charge in [-0.05, 0) is 48.5 Å². The van der Waals surface area contributed by atoms with Gasteiger partial charge in [-0.1, -0.05) is 23.2 Å². The molecule has 1 saturated heterocycles. The lowest BCUT2D eigenvalue weighted by Crippen LogP contribution is -2.51. The zero-order valence-electron chi connectivity index (χ0n) is 16.8. The highest BCUT2D eigenvalue weighted by Gasteiger charge is 2.21. The van der Waals surface area contributed by atoms with Crippen molar-refractivity contribution in [2.75, 3.05) is 52.5 Å². The molecule has 1 fully saturated rings. The van der Waals surface area contributed by atoms with Crippen LogP contribution in [0.4, 0.5) is 0 Å². The minimum Gasteiger partial charge on any atom is -0.491 e. The lowest BCUT2D eigenvalue weighted by molar-refractivity contribution is 0.0240. The summed E-state index contributed by atoms with van der Waals surface area (Å²) in [4.78, 5) is 4.42. The Hall–Kier alpha value is -1.54. The van der Waals surface area contributed by atoms with E-state index in [1.54, 1.807) is 48.5 Å². The molecule has 0 aliphatic carbocycles. The fourth-order valence-electron chi connectivity index (χ4n) is 3.30. The van der Waals surface area contributed by atoms with Gasteiger partial charge < -0.3 is 19.7 Å². The highest BCUT2D eigenvalue weighted by Crippen LogP contribution is 2.17. The summed E-state index contributed by atoms with van der Waals surface area (Å²) in [5.74, 6) is 1.39. The van der Waals surface area contributed by atoms with Crippen LogP contribution in [0.25, 0.3) is 0 Å². The molecule has 30 heavy (non-hydrogen) atoms. The standard InChI is InChI=1S/C22H28Cl2N2O4/c23-17-1-5-21(6-2-17)29-15-19(27)13-25-9-11-26(12-10-25)14-20(28)16-30-22-7-3-18(24)4-8-22/h1-8,19-20,27-28H,9-16H2/t19-,20+. The highest BCUT2D eigenvalue weighted by molar-refractivity contribution is 6.30. The van der Waals surface area contributed by atoms with E-state index in [-0.39, 0.29) is 13.2 Å². The molecule has 2 atom stereocenters. The number of ether oxygens (including phenoxy) is 2. The fraction of sp³-hybridized carbons (Fsp3) is 0.455. The van der Waals surface area contributed by atoms with Gasteiger partial charge in [-0.3, -0.25) is 9.80 Å². The second kappa shape index (κ2) is 11.7. The van der Waals surface area contributed by atoms with Crippen molar-refractivity contribution in [3.05, 3.63) is 58.6 Å². The molecule has 164 valence electrons. The Kier molecular flexibility index (Phi) is 9.05. The molecule has 1 heterocycles. The van der Waals surface area contributed by atoms with Gasteiger partial charge in [0.25, 0.3) is 0 Å². The van der Waals surface area contributed by atoms with Crippen molar-refractivity contribution in [3.63, 3.8) is 0 Å². The number of aliphatic hydroxyl groups is 2. The van der Waals surface area contributed by atoms with Gasteiger partial charge in [0.15, 0.2) is 0 Å². The molecule has 1 aliphatic rings. The van der Waals surface area contributed by atoms with Crippen LogP contribution < -0.4 is 9.47 Å². The van der Waals surface area contributed by atoms with Crippen LogP contribution in [-0.4, -0.2) is 84.7 Å². The zero-order chi connectivity index (χ0) is 21.3. The van der Waals surface area contributed by atoms with E-state index in [1.165, 1.54) is 0 Å². The van der Waals surface area contributed by atoms with Crippen LogP contribution in [0.3, 0.4) is 0 Å². The second-order valence-corrected chi connectivity index (χ2v) is 8.31. The molecule has 2 N–H and O–H groups in total. The Morgan fingerprint density at radius 2 is 1.00 bits per heavy atom. The number of nitrogens with zero attached hydrogens (tertiary/aromatic N) is 2. The molecule has 0 saturated carbocycles. The van der Waals surface area contributed by atoms with Gasteiger partial charge in [0.05, 0.1) is 0 Å². The lowest BCUT2D eigenvalue weighted by Gasteiger charge is -2.36. The average Bonchev–Trinajstić information content (AvgIpc) is 2.74. The summed E-state index contributed by atoms with van der Waals surface area (Å²) in [6, 6.07) is 14.2. The summed E-state index contributed by atoms with van der Waals surface area (Å²) in [6.45, 7) is 4.94. The van der Waals surface area contributed by atoms with E-state index < -0.39 is 12.2 Å². The van der Waals surface area contributed by atoms with Crippen LogP contribution in [0.2, 0.25) is 10.0 Å². The second-order valence-electron chi connectivity index (χ2n) is 7.44. The Bertz CT molecular complexity index is 687. The molecular weight excluding hydrogens is 427 g/mol. The SMILES string of the molecule is O[C@H](COc1ccc(Cl)cc1)CN1CCN(C[C@@H](O)COc2ccc(Cl)cc2)CC1. The predicted octanol–water partition coefficient (Wildman–Crippen LogP) is 2.79. The maximum atomic E-state index is 10.3. The first-order valence-corrected chi connectivity index (χ1v) is 10.8. The molecule has 2 aromatic carbocycles. The first-order valence-electron chi connectivity index (χ1n) is 10.1. The quantitative estimate of drug-likeness (QED) is 0.575. The maximum absolute atomic E-state index is 10.3. The first kappa shape index (κ1) is 23.1. The van der Waals surface area contributed by atoms with Crippen molar-refractivity contribution in [3.8, 4) is 11.5 Å². The summed E-state index contributed by atoms with van der Waals surface area (Å²) < 4.78 is 11.2. The van der Waals surface area contributed by atoms with Crippen LogP contribution in [0.1, 0.15) is 0 Å². The predicted molar refractivity (Wildman–Crippen MR) is 119 cm³/mol. The van der Waals surface area contributed by atoms with Gasteiger partial charge in [-0.2, -0.15) is 0 Å². The Labute approximate surface area is 187 Å². The van der Waals surface area contributed by atoms with Crippen LogP contribution in [0.5, 0.6) is 11.5 Å². The number of aliphatic hydroxyl groups excluding tert-OH is 2. The minimum atomic E-state index is -0.564. The number of β-amino-alcohol motifs (C(OH)–C–C–N with tert-alkyl or cyclic N) is 2. The van der Waals surface area contributed by atoms with E-state index in [2.05, 4.69) is 9.80 Å². The van der Waals surface area contributed by atoms with Crippen molar-refractivity contribution in [2.45, 2.75) is 12.2 Å². The Balaban J connectivity index is 1.30. The number of halogens is 2. The third-order valence-electron chi connectivity index (χ3n) is 4.91. The third kappa shape index (κ3) is 7.95. The van der Waals surface area contributed by atoms with E-state index in [1.807, 2.05) is 0 Å². The van der Waals surface area contributed by atoms with E-state index in [9.17, 15) is 10.2 Å². The van der Waals surface area contributed by atoms with Gasteiger partial charge in [0.2, 0.25) is 0 Å². The van der Waals surface area contributed by atoms with Gasteiger partial charge in [0.1, 0.15) is 36.9 Å². The molecule has 2 aromatic rings. The van der Waals surface area contributed by atoms with Crippen LogP contribution >= 0.6 is 23.2 Å². The van der Waals surface area contributed by atoms with Gasteiger partial charge in [-0.25, -0.2) is 0 Å². The molecule has 6 nitrogen and oxygen atoms in total. The topological polar surface area (TPSA) is 65.4 Å². The molecule has 0 unspecified atom stereocenters. The Morgan fingerprint density at radius 3 is 1.33 bits per heavy atom. The number of rotatable bonds is 10. The molecular formula is C22H28Cl2N2O4. The maximum Gasteiger partial charge on any atom is 0.119 e. The average molecular weight is 455 g/mol. The third-order valence-corrected chi connectivity index (χ3v) is 5.42. The lowest BCUT2D eigenvalue weighted by atomic mass is 10.2. The van der Waals surface area contributed by atoms with Crippen molar-refractivity contribution in [1.29, 1.82) is 0 Å². The molecule has 8 heteroatoms. The van der Waals surface area contributed by atoms with Crippen LogP contribution in [0.15, 0.2) is 48.5 Å². The van der Waals surface area contributed by atoms with Crippen LogP contribution in [0, 0.1) is 0 Å². The van der Waals surface area contributed by atoms with Gasteiger partial charge in [-0.15, -0.1) is 0 Å². The molecule has 3 rings (SSSR count). The summed E-state index contributed by atoms with van der Waals surface area (Å²) in [7, 11) is 0. The minimum absolute atomic E-state index is 0.239. The van der Waals surface area contributed by atoms with E-state index in [4.69, 9.17) is 32.7 Å². The monoisotopic (exact) mass is 454 g/mol. The molecule has 0 spiro atoms. The van der Waals surface area contributed by atoms with E-state index in [0.29, 0.717) is 34.6 Å².